The van der Waals surface area contributed by atoms with Gasteiger partial charge in [0.1, 0.15) is 0 Å². The van der Waals surface area contributed by atoms with Crippen molar-refractivity contribution in [2.45, 2.75) is 71.1 Å². The molecule has 1 aliphatic rings. The molecule has 0 spiro atoms. The van der Waals surface area contributed by atoms with Crippen LogP contribution in [0, 0.1) is 0 Å². The van der Waals surface area contributed by atoms with Gasteiger partial charge in [-0.3, -0.25) is 9.69 Å². The van der Waals surface area contributed by atoms with Crippen LogP contribution in [0.15, 0.2) is 0 Å². The summed E-state index contributed by atoms with van der Waals surface area (Å²) in [6.45, 7) is 9.28. The van der Waals surface area contributed by atoms with Gasteiger partial charge in [0, 0.05) is 18.2 Å². The zero-order chi connectivity index (χ0) is 13.8. The highest BCUT2D eigenvalue weighted by Gasteiger charge is 2.34. The van der Waals surface area contributed by atoms with E-state index in [1.54, 1.807) is 0 Å². The predicted octanol–water partition coefficient (Wildman–Crippen LogP) is 2.52. The summed E-state index contributed by atoms with van der Waals surface area (Å²) < 4.78 is 5.74. The quantitative estimate of drug-likeness (QED) is 0.822. The van der Waals surface area contributed by atoms with E-state index in [1.807, 2.05) is 0 Å². The molecule has 0 aliphatic carbocycles. The Kier molecular flexibility index (Phi) is 5.60. The Hall–Kier alpha value is -0.610. The van der Waals surface area contributed by atoms with Crippen molar-refractivity contribution in [2.24, 2.45) is 0 Å². The van der Waals surface area contributed by atoms with Crippen LogP contribution in [-0.4, -0.2) is 46.8 Å². The highest BCUT2D eigenvalue weighted by molar-refractivity contribution is 5.69. The van der Waals surface area contributed by atoms with Crippen LogP contribution < -0.4 is 0 Å². The second-order valence-corrected chi connectivity index (χ2v) is 6.15. The monoisotopic (exact) mass is 257 g/mol. The zero-order valence-electron chi connectivity index (χ0n) is 12.1. The summed E-state index contributed by atoms with van der Waals surface area (Å²) in [6, 6.07) is 0.325. The Morgan fingerprint density at radius 3 is 2.61 bits per heavy atom. The normalized spacial score (nSPS) is 25.4. The van der Waals surface area contributed by atoms with Gasteiger partial charge in [-0.25, -0.2) is 0 Å². The first-order valence-corrected chi connectivity index (χ1v) is 6.94. The van der Waals surface area contributed by atoms with Crippen molar-refractivity contribution in [1.82, 2.24) is 4.90 Å². The lowest BCUT2D eigenvalue weighted by Gasteiger charge is -2.44. The SMILES string of the molecule is CCCC1CC(N(CC(=O)O)C(C)(C)C)CCO1. The fraction of sp³-hybridized carbons (Fsp3) is 0.929. The van der Waals surface area contributed by atoms with E-state index in [4.69, 9.17) is 9.84 Å². The van der Waals surface area contributed by atoms with Gasteiger partial charge in [-0.05, 0) is 40.0 Å². The number of ether oxygens (including phenoxy) is 1. The van der Waals surface area contributed by atoms with Crippen molar-refractivity contribution in [3.63, 3.8) is 0 Å². The minimum absolute atomic E-state index is 0.114. The van der Waals surface area contributed by atoms with E-state index < -0.39 is 5.97 Å². The maximum absolute atomic E-state index is 11.0. The van der Waals surface area contributed by atoms with Crippen molar-refractivity contribution in [3.8, 4) is 0 Å². The standard InChI is InChI=1S/C14H27NO3/c1-5-6-12-9-11(7-8-18-12)15(10-13(16)17)14(2,3)4/h11-12H,5-10H2,1-4H3,(H,16,17). The first-order valence-electron chi connectivity index (χ1n) is 6.94. The fourth-order valence-electron chi connectivity index (χ4n) is 2.73. The number of hydrogen-bond acceptors (Lipinski definition) is 3. The van der Waals surface area contributed by atoms with E-state index >= 15 is 0 Å². The summed E-state index contributed by atoms with van der Waals surface area (Å²) in [7, 11) is 0. The molecule has 0 aromatic rings. The van der Waals surface area contributed by atoms with Gasteiger partial charge < -0.3 is 9.84 Å². The number of aliphatic carboxylic acids is 1. The Morgan fingerprint density at radius 2 is 2.11 bits per heavy atom. The highest BCUT2D eigenvalue weighted by atomic mass is 16.5. The largest absolute Gasteiger partial charge is 0.480 e. The zero-order valence-corrected chi connectivity index (χ0v) is 12.1. The van der Waals surface area contributed by atoms with Gasteiger partial charge in [0.2, 0.25) is 0 Å². The van der Waals surface area contributed by atoms with Gasteiger partial charge in [-0.2, -0.15) is 0 Å². The molecular formula is C14H27NO3. The molecule has 0 saturated carbocycles. The average Bonchev–Trinajstić information content (AvgIpc) is 2.25. The molecular weight excluding hydrogens is 230 g/mol. The second-order valence-electron chi connectivity index (χ2n) is 6.15. The first-order chi connectivity index (χ1) is 8.34. The third-order valence-corrected chi connectivity index (χ3v) is 3.56. The summed E-state index contributed by atoms with van der Waals surface area (Å²) >= 11 is 0. The lowest BCUT2D eigenvalue weighted by atomic mass is 9.94. The third-order valence-electron chi connectivity index (χ3n) is 3.56. The molecule has 2 atom stereocenters. The van der Waals surface area contributed by atoms with E-state index in [0.29, 0.717) is 12.1 Å². The molecule has 106 valence electrons. The summed E-state index contributed by atoms with van der Waals surface area (Å²) in [5.74, 6) is -0.747. The summed E-state index contributed by atoms with van der Waals surface area (Å²) in [5.41, 5.74) is -0.114. The predicted molar refractivity (Wildman–Crippen MR) is 71.8 cm³/mol. The van der Waals surface area contributed by atoms with E-state index in [1.165, 1.54) is 0 Å². The topological polar surface area (TPSA) is 49.8 Å². The Morgan fingerprint density at radius 1 is 1.44 bits per heavy atom. The number of carboxylic acid groups (broad SMARTS) is 1. The van der Waals surface area contributed by atoms with Crippen LogP contribution in [0.3, 0.4) is 0 Å². The summed E-state index contributed by atoms with van der Waals surface area (Å²) in [5, 5.41) is 9.07. The molecule has 2 unspecified atom stereocenters. The Labute approximate surface area is 110 Å². The van der Waals surface area contributed by atoms with Crippen LogP contribution in [0.2, 0.25) is 0 Å². The molecule has 1 N–H and O–H groups in total. The second kappa shape index (κ2) is 6.53. The van der Waals surface area contributed by atoms with Crippen LogP contribution in [0.1, 0.15) is 53.4 Å². The van der Waals surface area contributed by atoms with E-state index in [-0.39, 0.29) is 12.1 Å². The van der Waals surface area contributed by atoms with E-state index in [9.17, 15) is 4.79 Å². The van der Waals surface area contributed by atoms with Gasteiger partial charge in [0.05, 0.1) is 12.6 Å². The number of carboxylic acids is 1. The number of carbonyl (C=O) groups is 1. The van der Waals surface area contributed by atoms with Crippen molar-refractivity contribution in [2.75, 3.05) is 13.2 Å². The van der Waals surface area contributed by atoms with E-state index in [2.05, 4.69) is 32.6 Å². The third kappa shape index (κ3) is 4.58. The molecule has 1 rings (SSSR count). The molecule has 4 nitrogen and oxygen atoms in total. The average molecular weight is 257 g/mol. The van der Waals surface area contributed by atoms with Gasteiger partial charge in [0.25, 0.3) is 0 Å². The van der Waals surface area contributed by atoms with Gasteiger partial charge in [-0.1, -0.05) is 13.3 Å². The number of nitrogens with zero attached hydrogens (tertiary/aromatic N) is 1. The van der Waals surface area contributed by atoms with Crippen molar-refractivity contribution in [3.05, 3.63) is 0 Å². The van der Waals surface area contributed by atoms with Crippen LogP contribution in [0.5, 0.6) is 0 Å². The lowest BCUT2D eigenvalue weighted by molar-refractivity contribution is -0.142. The fourth-order valence-corrected chi connectivity index (χ4v) is 2.73. The maximum atomic E-state index is 11.0. The smallest absolute Gasteiger partial charge is 0.317 e. The Bertz CT molecular complexity index is 271. The Balaban J connectivity index is 2.69. The molecule has 18 heavy (non-hydrogen) atoms. The van der Waals surface area contributed by atoms with Gasteiger partial charge in [0.15, 0.2) is 0 Å². The minimum atomic E-state index is -0.747. The lowest BCUT2D eigenvalue weighted by Crippen LogP contribution is -2.53. The van der Waals surface area contributed by atoms with Gasteiger partial charge in [-0.15, -0.1) is 0 Å². The van der Waals surface area contributed by atoms with E-state index in [0.717, 1.165) is 32.3 Å². The molecule has 0 radical (unpaired) electrons. The first kappa shape index (κ1) is 15.4. The number of rotatable bonds is 5. The molecule has 1 heterocycles. The molecule has 1 saturated heterocycles. The molecule has 0 amide bonds. The van der Waals surface area contributed by atoms with Crippen molar-refractivity contribution in [1.29, 1.82) is 0 Å². The van der Waals surface area contributed by atoms with Crippen LogP contribution in [0.4, 0.5) is 0 Å². The van der Waals surface area contributed by atoms with Crippen molar-refractivity contribution < 1.29 is 14.6 Å². The van der Waals surface area contributed by atoms with Crippen molar-refractivity contribution >= 4 is 5.97 Å². The molecule has 1 fully saturated rings. The van der Waals surface area contributed by atoms with Crippen LogP contribution in [0.25, 0.3) is 0 Å². The van der Waals surface area contributed by atoms with Crippen LogP contribution in [-0.2, 0) is 9.53 Å². The van der Waals surface area contributed by atoms with Gasteiger partial charge >= 0.3 is 5.97 Å². The molecule has 4 heteroatoms. The molecule has 0 bridgehead atoms. The highest BCUT2D eigenvalue weighted by Crippen LogP contribution is 2.27. The minimum Gasteiger partial charge on any atom is -0.480 e. The summed E-state index contributed by atoms with van der Waals surface area (Å²) in [6.07, 6.45) is 4.38. The molecule has 0 aromatic heterocycles. The molecule has 1 aliphatic heterocycles. The molecule has 0 aromatic carbocycles. The van der Waals surface area contributed by atoms with Crippen LogP contribution >= 0.6 is 0 Å². The maximum Gasteiger partial charge on any atom is 0.317 e. The number of hydrogen-bond donors (Lipinski definition) is 1. The summed E-state index contributed by atoms with van der Waals surface area (Å²) in [4.78, 5) is 13.1.